The van der Waals surface area contributed by atoms with Crippen LogP contribution in [0.2, 0.25) is 0 Å². The van der Waals surface area contributed by atoms with Crippen molar-refractivity contribution in [1.29, 1.82) is 0 Å². The minimum absolute atomic E-state index is 0.213. The second kappa shape index (κ2) is 4.70. The molecule has 1 atom stereocenters. The molecule has 1 aromatic carbocycles. The molecule has 0 spiro atoms. The van der Waals surface area contributed by atoms with Crippen LogP contribution in [0, 0.1) is 13.5 Å². The smallest absolute Gasteiger partial charge is 0.249 e. The Morgan fingerprint density at radius 1 is 1.20 bits per heavy atom. The zero-order valence-corrected chi connectivity index (χ0v) is 9.50. The third kappa shape index (κ3) is 2.21. The van der Waals surface area contributed by atoms with Gasteiger partial charge in [-0.05, 0) is 24.6 Å². The monoisotopic (exact) mass is 205 g/mol. The summed E-state index contributed by atoms with van der Waals surface area (Å²) in [6, 6.07) is 3.56. The van der Waals surface area contributed by atoms with Crippen LogP contribution in [0.5, 0.6) is 11.5 Å². The van der Waals surface area contributed by atoms with Gasteiger partial charge in [0.05, 0.1) is 19.8 Å². The van der Waals surface area contributed by atoms with E-state index in [1.807, 2.05) is 26.0 Å². The molecule has 3 heteroatoms. The molecular formula is C12H15NO2. The number of hydrogen-bond acceptors (Lipinski definition) is 2. The van der Waals surface area contributed by atoms with Gasteiger partial charge < -0.3 is 14.3 Å². The molecule has 0 aliphatic carbocycles. The Morgan fingerprint density at radius 3 is 2.27 bits per heavy atom. The molecule has 0 aliphatic heterocycles. The van der Waals surface area contributed by atoms with Gasteiger partial charge in [-0.15, -0.1) is 0 Å². The molecule has 0 amide bonds. The summed E-state index contributed by atoms with van der Waals surface area (Å²) in [5.74, 6) is 1.54. The van der Waals surface area contributed by atoms with Crippen molar-refractivity contribution in [3.05, 3.63) is 34.7 Å². The van der Waals surface area contributed by atoms with E-state index in [1.54, 1.807) is 14.2 Å². The molecule has 0 saturated heterocycles. The first kappa shape index (κ1) is 11.4. The average molecular weight is 205 g/mol. The highest BCUT2D eigenvalue weighted by Gasteiger charge is 2.17. The molecule has 0 aliphatic rings. The molecule has 0 fully saturated rings. The Bertz CT molecular complexity index is 393. The average Bonchev–Trinajstić information content (AvgIpc) is 2.27. The maximum absolute atomic E-state index is 7.03. The molecule has 0 bridgehead atoms. The molecule has 80 valence electrons. The molecule has 0 aromatic heterocycles. The van der Waals surface area contributed by atoms with Gasteiger partial charge in [-0.25, -0.2) is 6.57 Å². The van der Waals surface area contributed by atoms with Crippen molar-refractivity contribution in [2.75, 3.05) is 14.2 Å². The second-order valence-electron chi connectivity index (χ2n) is 3.37. The number of methoxy groups -OCH3 is 2. The Labute approximate surface area is 90.5 Å². The number of aryl methyl sites for hydroxylation is 1. The third-order valence-corrected chi connectivity index (χ3v) is 2.39. The first-order valence-corrected chi connectivity index (χ1v) is 4.73. The van der Waals surface area contributed by atoms with E-state index in [4.69, 9.17) is 16.0 Å². The molecule has 0 N–H and O–H groups in total. The highest BCUT2D eigenvalue weighted by atomic mass is 16.5. The molecule has 1 unspecified atom stereocenters. The molecule has 1 aromatic rings. The van der Waals surface area contributed by atoms with Gasteiger partial charge in [0, 0.05) is 6.92 Å². The topological polar surface area (TPSA) is 22.8 Å². The van der Waals surface area contributed by atoms with Gasteiger partial charge >= 0.3 is 0 Å². The van der Waals surface area contributed by atoms with Crippen LogP contribution in [0.1, 0.15) is 24.1 Å². The highest BCUT2D eigenvalue weighted by Crippen LogP contribution is 2.33. The predicted octanol–water partition coefficient (Wildman–Crippen LogP) is 2.99. The standard InChI is InChI=1S/C12H15NO2/c1-8-6-12(15-5)10(9(2)13-3)7-11(8)14-4/h6-7,9H,1-2,4-5H3. The number of rotatable bonds is 3. The summed E-state index contributed by atoms with van der Waals surface area (Å²) in [4.78, 5) is 3.49. The maximum Gasteiger partial charge on any atom is 0.249 e. The van der Waals surface area contributed by atoms with E-state index >= 15 is 0 Å². The van der Waals surface area contributed by atoms with E-state index in [9.17, 15) is 0 Å². The van der Waals surface area contributed by atoms with Crippen LogP contribution >= 0.6 is 0 Å². The predicted molar refractivity (Wildman–Crippen MR) is 59.3 cm³/mol. The van der Waals surface area contributed by atoms with Gasteiger partial charge in [-0.3, -0.25) is 0 Å². The summed E-state index contributed by atoms with van der Waals surface area (Å²) in [6.45, 7) is 10.8. The molecule has 15 heavy (non-hydrogen) atoms. The summed E-state index contributed by atoms with van der Waals surface area (Å²) in [7, 11) is 3.24. The molecule has 0 saturated carbocycles. The van der Waals surface area contributed by atoms with Gasteiger partial charge in [-0.1, -0.05) is 0 Å². The lowest BCUT2D eigenvalue weighted by atomic mass is 10.0. The van der Waals surface area contributed by atoms with Gasteiger partial charge in [-0.2, -0.15) is 0 Å². The SMILES string of the molecule is [C-]#[N+]C(C)c1cc(OC)c(C)cc1OC. The van der Waals surface area contributed by atoms with Crippen LogP contribution in [0.3, 0.4) is 0 Å². The van der Waals surface area contributed by atoms with E-state index in [0.717, 1.165) is 22.6 Å². The zero-order valence-electron chi connectivity index (χ0n) is 9.50. The van der Waals surface area contributed by atoms with E-state index in [1.165, 1.54) is 0 Å². The lowest BCUT2D eigenvalue weighted by Gasteiger charge is -2.12. The van der Waals surface area contributed by atoms with Crippen LogP contribution in [0.25, 0.3) is 4.85 Å². The van der Waals surface area contributed by atoms with E-state index in [2.05, 4.69) is 4.85 Å². The van der Waals surface area contributed by atoms with Crippen LogP contribution < -0.4 is 9.47 Å². The van der Waals surface area contributed by atoms with Crippen molar-refractivity contribution in [3.8, 4) is 11.5 Å². The minimum Gasteiger partial charge on any atom is -0.496 e. The Balaban J connectivity index is 3.30. The molecule has 0 heterocycles. The van der Waals surface area contributed by atoms with Crippen molar-refractivity contribution < 1.29 is 9.47 Å². The number of hydrogen-bond donors (Lipinski definition) is 0. The maximum atomic E-state index is 7.03. The van der Waals surface area contributed by atoms with Crippen molar-refractivity contribution in [2.24, 2.45) is 0 Å². The lowest BCUT2D eigenvalue weighted by molar-refractivity contribution is 0.395. The number of ether oxygens (including phenoxy) is 2. The van der Waals surface area contributed by atoms with E-state index in [-0.39, 0.29) is 6.04 Å². The summed E-state index contributed by atoms with van der Waals surface area (Å²) < 4.78 is 10.5. The van der Waals surface area contributed by atoms with Crippen molar-refractivity contribution >= 4 is 0 Å². The molecule has 1 rings (SSSR count). The van der Waals surface area contributed by atoms with Crippen LogP contribution in [-0.2, 0) is 0 Å². The Morgan fingerprint density at radius 2 is 1.80 bits per heavy atom. The third-order valence-electron chi connectivity index (χ3n) is 2.39. The second-order valence-corrected chi connectivity index (χ2v) is 3.37. The lowest BCUT2D eigenvalue weighted by Crippen LogP contribution is -1.97. The van der Waals surface area contributed by atoms with Gasteiger partial charge in [0.2, 0.25) is 6.04 Å². The Kier molecular flexibility index (Phi) is 3.56. The summed E-state index contributed by atoms with van der Waals surface area (Å²) >= 11 is 0. The zero-order chi connectivity index (χ0) is 11.4. The fraction of sp³-hybridized carbons (Fsp3) is 0.417. The van der Waals surface area contributed by atoms with E-state index < -0.39 is 0 Å². The molecular weight excluding hydrogens is 190 g/mol. The van der Waals surface area contributed by atoms with Crippen molar-refractivity contribution in [1.82, 2.24) is 0 Å². The van der Waals surface area contributed by atoms with Gasteiger partial charge in [0.1, 0.15) is 11.5 Å². The molecule has 3 nitrogen and oxygen atoms in total. The van der Waals surface area contributed by atoms with Crippen molar-refractivity contribution in [2.45, 2.75) is 19.9 Å². The quantitative estimate of drug-likeness (QED) is 0.708. The fourth-order valence-corrected chi connectivity index (χ4v) is 1.47. The van der Waals surface area contributed by atoms with Crippen LogP contribution in [-0.4, -0.2) is 14.2 Å². The van der Waals surface area contributed by atoms with Crippen LogP contribution in [0.4, 0.5) is 0 Å². The van der Waals surface area contributed by atoms with Crippen molar-refractivity contribution in [3.63, 3.8) is 0 Å². The summed E-state index contributed by atoms with van der Waals surface area (Å²) in [6.07, 6.45) is 0. The summed E-state index contributed by atoms with van der Waals surface area (Å²) in [5.41, 5.74) is 1.88. The first-order chi connectivity index (χ1) is 7.13. The van der Waals surface area contributed by atoms with Gasteiger partial charge in [0.15, 0.2) is 0 Å². The Hall–Kier alpha value is -1.69. The fourth-order valence-electron chi connectivity index (χ4n) is 1.47. The first-order valence-electron chi connectivity index (χ1n) is 4.73. The van der Waals surface area contributed by atoms with Crippen LogP contribution in [0.15, 0.2) is 12.1 Å². The summed E-state index contributed by atoms with van der Waals surface area (Å²) in [5, 5.41) is 0. The normalized spacial score (nSPS) is 11.7. The highest BCUT2D eigenvalue weighted by molar-refractivity contribution is 5.47. The molecule has 0 radical (unpaired) electrons. The minimum atomic E-state index is -0.213. The largest absolute Gasteiger partial charge is 0.496 e. The van der Waals surface area contributed by atoms with E-state index in [0.29, 0.717) is 0 Å². The number of nitrogens with zero attached hydrogens (tertiary/aromatic N) is 1. The number of benzene rings is 1. The van der Waals surface area contributed by atoms with Gasteiger partial charge in [0.25, 0.3) is 0 Å².